The van der Waals surface area contributed by atoms with Crippen LogP contribution in [0.1, 0.15) is 73.4 Å². The second-order valence-electron chi connectivity index (χ2n) is 9.51. The molecule has 1 aliphatic rings. The zero-order valence-corrected chi connectivity index (χ0v) is 20.3. The van der Waals surface area contributed by atoms with Crippen molar-refractivity contribution in [1.82, 2.24) is 29.7 Å². The molecule has 3 heterocycles. The maximum absolute atomic E-state index is 11.7. The van der Waals surface area contributed by atoms with Crippen LogP contribution in [0.3, 0.4) is 0 Å². The second-order valence-corrected chi connectivity index (χ2v) is 9.51. The van der Waals surface area contributed by atoms with E-state index >= 15 is 0 Å². The Morgan fingerprint density at radius 2 is 2.21 bits per heavy atom. The first kappa shape index (κ1) is 24.1. The van der Waals surface area contributed by atoms with Crippen molar-refractivity contribution in [2.45, 2.75) is 77.4 Å². The van der Waals surface area contributed by atoms with E-state index in [1.165, 1.54) is 11.1 Å². The highest BCUT2D eigenvalue weighted by molar-refractivity contribution is 5.68. The monoisotopic (exact) mass is 464 g/mol. The van der Waals surface area contributed by atoms with Crippen LogP contribution in [0, 0.1) is 6.92 Å². The molecule has 0 aliphatic carbocycles. The molecule has 0 saturated carbocycles. The number of benzene rings is 1. The van der Waals surface area contributed by atoms with Gasteiger partial charge in [-0.2, -0.15) is 5.10 Å². The number of hydrogen-bond donors (Lipinski definition) is 1. The van der Waals surface area contributed by atoms with Gasteiger partial charge in [-0.05, 0) is 74.2 Å². The first-order chi connectivity index (χ1) is 16.5. The molecule has 1 aliphatic heterocycles. The van der Waals surface area contributed by atoms with Gasteiger partial charge in [-0.3, -0.25) is 19.1 Å². The van der Waals surface area contributed by atoms with Crippen LogP contribution in [0.25, 0.3) is 0 Å². The van der Waals surface area contributed by atoms with Gasteiger partial charge < -0.3 is 5.11 Å². The molecule has 0 radical (unpaired) electrons. The first-order valence-electron chi connectivity index (χ1n) is 12.4. The van der Waals surface area contributed by atoms with Crippen molar-refractivity contribution in [1.29, 1.82) is 0 Å². The Labute approximate surface area is 201 Å². The van der Waals surface area contributed by atoms with Crippen LogP contribution < -0.4 is 0 Å². The van der Waals surface area contributed by atoms with Crippen LogP contribution in [0.15, 0.2) is 42.9 Å². The molecule has 1 saturated heterocycles. The van der Waals surface area contributed by atoms with Gasteiger partial charge >= 0.3 is 5.97 Å². The normalized spacial score (nSPS) is 17.6. The Kier molecular flexibility index (Phi) is 8.11. The zero-order chi connectivity index (χ0) is 23.9. The molecule has 8 nitrogen and oxygen atoms in total. The second kappa shape index (κ2) is 11.4. The summed E-state index contributed by atoms with van der Waals surface area (Å²) in [4.78, 5) is 14.2. The van der Waals surface area contributed by atoms with E-state index in [4.69, 9.17) is 0 Å². The number of carboxylic acids is 1. The summed E-state index contributed by atoms with van der Waals surface area (Å²) in [5.41, 5.74) is 4.56. The number of aromatic nitrogens is 5. The summed E-state index contributed by atoms with van der Waals surface area (Å²) in [6.07, 6.45) is 10.8. The number of nitrogens with zero attached hydrogens (tertiary/aromatic N) is 6. The van der Waals surface area contributed by atoms with Gasteiger partial charge in [0.25, 0.3) is 0 Å². The molecular formula is C26H36N6O2. The van der Waals surface area contributed by atoms with Crippen molar-refractivity contribution in [3.63, 3.8) is 0 Å². The molecule has 3 aromatic rings. The maximum Gasteiger partial charge on any atom is 0.303 e. The van der Waals surface area contributed by atoms with Crippen LogP contribution in [0.2, 0.25) is 0 Å². The molecule has 8 heteroatoms. The summed E-state index contributed by atoms with van der Waals surface area (Å²) in [5.74, 6) is -0.814. The van der Waals surface area contributed by atoms with Crippen molar-refractivity contribution in [2.75, 3.05) is 13.1 Å². The van der Waals surface area contributed by atoms with E-state index in [0.717, 1.165) is 69.5 Å². The van der Waals surface area contributed by atoms with E-state index in [0.29, 0.717) is 6.04 Å². The highest BCUT2D eigenvalue weighted by Gasteiger charge is 2.23. The Hall–Kier alpha value is -3.00. The molecule has 0 amide bonds. The fourth-order valence-corrected chi connectivity index (χ4v) is 4.95. The molecule has 182 valence electrons. The molecule has 1 N–H and O–H groups in total. The standard InChI is InChI=1S/C26H36N6O2/c1-3-12-31-18-24(28-29-31)10-9-22(16-26(33)34)21-8-7-20(2)23(15-21)17-30-13-4-6-25(19-30)32-14-5-11-27-32/h5,7-8,11,14-15,18,22,25H,3-4,6,9-10,12-13,16-17,19H2,1-2H3,(H,33,34). The number of rotatable bonds is 11. The van der Waals surface area contributed by atoms with Crippen LogP contribution in [-0.2, 0) is 24.3 Å². The minimum Gasteiger partial charge on any atom is -0.481 e. The number of aryl methyl sites for hydroxylation is 3. The van der Waals surface area contributed by atoms with Gasteiger partial charge in [0, 0.05) is 38.2 Å². The van der Waals surface area contributed by atoms with Gasteiger partial charge in [-0.1, -0.05) is 30.3 Å². The third-order valence-electron chi connectivity index (χ3n) is 6.83. The van der Waals surface area contributed by atoms with Crippen molar-refractivity contribution in [2.24, 2.45) is 0 Å². The Balaban J connectivity index is 1.45. The maximum atomic E-state index is 11.7. The summed E-state index contributed by atoms with van der Waals surface area (Å²) in [6, 6.07) is 8.87. The SMILES string of the molecule is CCCn1cc(CCC(CC(=O)O)c2ccc(C)c(CN3CCCC(n4cccn4)C3)c2)nn1. The summed E-state index contributed by atoms with van der Waals surface area (Å²) in [6.45, 7) is 8.05. The molecule has 4 rings (SSSR count). The summed E-state index contributed by atoms with van der Waals surface area (Å²) < 4.78 is 3.94. The van der Waals surface area contributed by atoms with Crippen molar-refractivity contribution in [3.05, 3.63) is 65.2 Å². The van der Waals surface area contributed by atoms with Gasteiger partial charge in [0.05, 0.1) is 18.2 Å². The fourth-order valence-electron chi connectivity index (χ4n) is 4.95. The van der Waals surface area contributed by atoms with Gasteiger partial charge in [-0.25, -0.2) is 0 Å². The zero-order valence-electron chi connectivity index (χ0n) is 20.3. The highest BCUT2D eigenvalue weighted by atomic mass is 16.4. The van der Waals surface area contributed by atoms with E-state index in [2.05, 4.69) is 63.2 Å². The third kappa shape index (κ3) is 6.32. The lowest BCUT2D eigenvalue weighted by Gasteiger charge is -2.33. The molecule has 2 atom stereocenters. The lowest BCUT2D eigenvalue weighted by molar-refractivity contribution is -0.137. The number of likely N-dealkylation sites (tertiary alicyclic amines) is 1. The van der Waals surface area contributed by atoms with Gasteiger partial charge in [0.1, 0.15) is 0 Å². The first-order valence-corrected chi connectivity index (χ1v) is 12.4. The Morgan fingerprint density at radius 1 is 1.32 bits per heavy atom. The molecule has 34 heavy (non-hydrogen) atoms. The Bertz CT molecular complexity index is 1060. The topological polar surface area (TPSA) is 89.1 Å². The van der Waals surface area contributed by atoms with Crippen LogP contribution in [0.5, 0.6) is 0 Å². The predicted molar refractivity (Wildman–Crippen MR) is 131 cm³/mol. The summed E-state index contributed by atoms with van der Waals surface area (Å²) in [5, 5.41) is 22.5. The fraction of sp³-hybridized carbons (Fsp3) is 0.538. The molecule has 0 bridgehead atoms. The molecule has 1 aromatic carbocycles. The van der Waals surface area contributed by atoms with Gasteiger partial charge in [0.2, 0.25) is 0 Å². The quantitative estimate of drug-likeness (QED) is 0.457. The van der Waals surface area contributed by atoms with E-state index in [-0.39, 0.29) is 12.3 Å². The number of hydrogen-bond acceptors (Lipinski definition) is 5. The minimum absolute atomic E-state index is 0.0497. The van der Waals surface area contributed by atoms with Crippen LogP contribution in [-0.4, -0.2) is 53.8 Å². The number of carbonyl (C=O) groups is 1. The smallest absolute Gasteiger partial charge is 0.303 e. The lowest BCUT2D eigenvalue weighted by Crippen LogP contribution is -2.36. The lowest BCUT2D eigenvalue weighted by atomic mass is 9.88. The van der Waals surface area contributed by atoms with E-state index in [9.17, 15) is 9.90 Å². The van der Waals surface area contributed by atoms with Gasteiger partial charge in [0.15, 0.2) is 0 Å². The molecule has 0 spiro atoms. The summed E-state index contributed by atoms with van der Waals surface area (Å²) >= 11 is 0. The number of carboxylic acid groups (broad SMARTS) is 1. The average Bonchev–Trinajstić information content (AvgIpc) is 3.51. The Morgan fingerprint density at radius 3 is 2.97 bits per heavy atom. The average molecular weight is 465 g/mol. The van der Waals surface area contributed by atoms with Crippen molar-refractivity contribution < 1.29 is 9.90 Å². The van der Waals surface area contributed by atoms with Gasteiger partial charge in [-0.15, -0.1) is 5.10 Å². The summed E-state index contributed by atoms with van der Waals surface area (Å²) in [7, 11) is 0. The third-order valence-corrected chi connectivity index (χ3v) is 6.83. The van der Waals surface area contributed by atoms with Crippen LogP contribution in [0.4, 0.5) is 0 Å². The van der Waals surface area contributed by atoms with E-state index in [1.807, 2.05) is 23.1 Å². The largest absolute Gasteiger partial charge is 0.481 e. The molecule has 2 unspecified atom stereocenters. The number of piperidine rings is 1. The predicted octanol–water partition coefficient (Wildman–Crippen LogP) is 4.22. The molecule has 2 aromatic heterocycles. The minimum atomic E-state index is -0.764. The van der Waals surface area contributed by atoms with E-state index < -0.39 is 5.97 Å². The molecule has 1 fully saturated rings. The highest BCUT2D eigenvalue weighted by Crippen LogP contribution is 2.29. The molecular weight excluding hydrogens is 428 g/mol. The van der Waals surface area contributed by atoms with Crippen molar-refractivity contribution in [3.8, 4) is 0 Å². The number of aliphatic carboxylic acids is 1. The van der Waals surface area contributed by atoms with E-state index in [1.54, 1.807) is 0 Å². The van der Waals surface area contributed by atoms with Crippen LogP contribution >= 0.6 is 0 Å². The van der Waals surface area contributed by atoms with Crippen molar-refractivity contribution >= 4 is 5.97 Å².